The Morgan fingerprint density at radius 3 is 2.91 bits per heavy atom. The number of aliphatic hydroxyl groups is 1. The van der Waals surface area contributed by atoms with Crippen LogP contribution >= 0.6 is 0 Å². The molecule has 1 saturated heterocycles. The zero-order valence-electron chi connectivity index (χ0n) is 6.91. The van der Waals surface area contributed by atoms with E-state index in [1.165, 1.54) is 0 Å². The highest BCUT2D eigenvalue weighted by Gasteiger charge is 2.33. The molecular weight excluding hydrogens is 144 g/mol. The van der Waals surface area contributed by atoms with Crippen LogP contribution in [0.25, 0.3) is 0 Å². The lowest BCUT2D eigenvalue weighted by Gasteiger charge is -2.31. The summed E-state index contributed by atoms with van der Waals surface area (Å²) in [7, 11) is 0. The van der Waals surface area contributed by atoms with Gasteiger partial charge in [0.1, 0.15) is 6.10 Å². The fourth-order valence-corrected chi connectivity index (χ4v) is 1.38. The van der Waals surface area contributed by atoms with Gasteiger partial charge in [0, 0.05) is 5.92 Å². The van der Waals surface area contributed by atoms with E-state index < -0.39 is 6.10 Å². The topological polar surface area (TPSA) is 46.5 Å². The van der Waals surface area contributed by atoms with Gasteiger partial charge in [0.05, 0.1) is 12.5 Å². The van der Waals surface area contributed by atoms with Gasteiger partial charge in [0.15, 0.2) is 0 Å². The van der Waals surface area contributed by atoms with E-state index in [0.29, 0.717) is 0 Å². The van der Waals surface area contributed by atoms with E-state index in [4.69, 9.17) is 4.74 Å². The summed E-state index contributed by atoms with van der Waals surface area (Å²) in [5.41, 5.74) is 0. The third kappa shape index (κ3) is 1.71. The molecule has 0 aromatic rings. The lowest BCUT2D eigenvalue weighted by Crippen LogP contribution is -2.40. The maximum Gasteiger partial charge on any atom is 0.308 e. The van der Waals surface area contributed by atoms with Gasteiger partial charge < -0.3 is 9.84 Å². The highest BCUT2D eigenvalue weighted by molar-refractivity contribution is 5.71. The quantitative estimate of drug-likeness (QED) is 0.572. The van der Waals surface area contributed by atoms with Crippen molar-refractivity contribution in [1.82, 2.24) is 0 Å². The summed E-state index contributed by atoms with van der Waals surface area (Å²) in [6.07, 6.45) is 0.328. The van der Waals surface area contributed by atoms with Crippen LogP contribution in [-0.2, 0) is 9.53 Å². The Morgan fingerprint density at radius 2 is 2.36 bits per heavy atom. The number of hydrogen-bond acceptors (Lipinski definition) is 3. The van der Waals surface area contributed by atoms with E-state index in [1.807, 2.05) is 13.8 Å². The van der Waals surface area contributed by atoms with Crippen LogP contribution in [0.4, 0.5) is 0 Å². The van der Waals surface area contributed by atoms with Crippen molar-refractivity contribution in [2.45, 2.75) is 38.9 Å². The molecular formula is C8H14O3. The molecule has 0 radical (unpaired) electrons. The number of cyclic esters (lactones) is 1. The Hall–Kier alpha value is -0.570. The average molecular weight is 158 g/mol. The molecule has 0 amide bonds. The maximum absolute atomic E-state index is 10.8. The molecule has 11 heavy (non-hydrogen) atoms. The van der Waals surface area contributed by atoms with Gasteiger partial charge in [-0.05, 0) is 6.42 Å². The molecule has 3 nitrogen and oxygen atoms in total. The number of carbonyl (C=O) groups is 1. The first kappa shape index (κ1) is 8.53. The van der Waals surface area contributed by atoms with Crippen molar-refractivity contribution in [3.05, 3.63) is 0 Å². The summed E-state index contributed by atoms with van der Waals surface area (Å²) in [5.74, 6) is -0.194. The molecule has 0 spiro atoms. The number of aliphatic hydroxyl groups excluding tert-OH is 1. The molecule has 3 atom stereocenters. The monoisotopic (exact) mass is 158 g/mol. The van der Waals surface area contributed by atoms with Crippen molar-refractivity contribution < 1.29 is 14.6 Å². The van der Waals surface area contributed by atoms with Crippen LogP contribution in [0.3, 0.4) is 0 Å². The molecule has 0 aromatic heterocycles. The summed E-state index contributed by atoms with van der Waals surface area (Å²) in [5, 5.41) is 9.35. The van der Waals surface area contributed by atoms with Crippen molar-refractivity contribution in [2.75, 3.05) is 0 Å². The standard InChI is InChI=1S/C8H14O3/c1-3-7-5(2)6(9)4-8(10)11-7/h5-7,9H,3-4H2,1-2H3/t5-,6+,7+/m0/s1. The Balaban J connectivity index is 2.58. The van der Waals surface area contributed by atoms with Crippen molar-refractivity contribution in [2.24, 2.45) is 5.92 Å². The lowest BCUT2D eigenvalue weighted by molar-refractivity contribution is -0.167. The normalized spacial score (nSPS) is 38.5. The SMILES string of the molecule is CC[C@H]1OC(=O)C[C@@H](O)[C@@H]1C. The molecule has 1 aliphatic heterocycles. The third-order valence-corrected chi connectivity index (χ3v) is 2.25. The first-order valence-electron chi connectivity index (χ1n) is 4.02. The second-order valence-corrected chi connectivity index (χ2v) is 3.07. The van der Waals surface area contributed by atoms with Crippen molar-refractivity contribution in [3.8, 4) is 0 Å². The van der Waals surface area contributed by atoms with Crippen molar-refractivity contribution in [1.29, 1.82) is 0 Å². The Labute approximate surface area is 66.4 Å². The highest BCUT2D eigenvalue weighted by Crippen LogP contribution is 2.23. The van der Waals surface area contributed by atoms with Crippen LogP contribution < -0.4 is 0 Å². The van der Waals surface area contributed by atoms with Crippen molar-refractivity contribution >= 4 is 5.97 Å². The summed E-state index contributed by atoms with van der Waals surface area (Å²) in [6.45, 7) is 3.86. The van der Waals surface area contributed by atoms with Gasteiger partial charge in [0.25, 0.3) is 0 Å². The summed E-state index contributed by atoms with van der Waals surface area (Å²) in [4.78, 5) is 10.8. The van der Waals surface area contributed by atoms with Crippen LogP contribution in [-0.4, -0.2) is 23.3 Å². The smallest absolute Gasteiger partial charge is 0.308 e. The second-order valence-electron chi connectivity index (χ2n) is 3.07. The Morgan fingerprint density at radius 1 is 1.73 bits per heavy atom. The Bertz CT molecular complexity index is 155. The second kappa shape index (κ2) is 3.22. The minimum Gasteiger partial charge on any atom is -0.462 e. The minimum absolute atomic E-state index is 0.0812. The molecule has 0 saturated carbocycles. The highest BCUT2D eigenvalue weighted by atomic mass is 16.5. The van der Waals surface area contributed by atoms with E-state index in [0.717, 1.165) is 6.42 Å². The van der Waals surface area contributed by atoms with E-state index >= 15 is 0 Å². The van der Waals surface area contributed by atoms with E-state index in [9.17, 15) is 9.90 Å². The predicted octanol–water partition coefficient (Wildman–Crippen LogP) is 0.709. The van der Waals surface area contributed by atoms with Crippen LogP contribution in [0, 0.1) is 5.92 Å². The Kier molecular flexibility index (Phi) is 2.49. The predicted molar refractivity (Wildman–Crippen MR) is 40.0 cm³/mol. The molecule has 1 heterocycles. The van der Waals surface area contributed by atoms with Gasteiger partial charge in [-0.3, -0.25) is 4.79 Å². The molecule has 0 bridgehead atoms. The van der Waals surface area contributed by atoms with Crippen LogP contribution in [0.15, 0.2) is 0 Å². The van der Waals surface area contributed by atoms with E-state index in [1.54, 1.807) is 0 Å². The summed E-state index contributed by atoms with van der Waals surface area (Å²) < 4.78 is 5.02. The number of hydrogen-bond donors (Lipinski definition) is 1. The van der Waals surface area contributed by atoms with Crippen LogP contribution in [0.5, 0.6) is 0 Å². The van der Waals surface area contributed by atoms with E-state index in [-0.39, 0.29) is 24.4 Å². The van der Waals surface area contributed by atoms with Gasteiger partial charge in [-0.1, -0.05) is 13.8 Å². The lowest BCUT2D eigenvalue weighted by atomic mass is 9.92. The van der Waals surface area contributed by atoms with E-state index in [2.05, 4.69) is 0 Å². The fourth-order valence-electron chi connectivity index (χ4n) is 1.38. The van der Waals surface area contributed by atoms with Crippen molar-refractivity contribution in [3.63, 3.8) is 0 Å². The molecule has 64 valence electrons. The molecule has 1 aliphatic rings. The first-order chi connectivity index (χ1) is 5.15. The van der Waals surface area contributed by atoms with Gasteiger partial charge in [-0.25, -0.2) is 0 Å². The van der Waals surface area contributed by atoms with Gasteiger partial charge in [0.2, 0.25) is 0 Å². The molecule has 0 aliphatic carbocycles. The maximum atomic E-state index is 10.8. The van der Waals surface area contributed by atoms with Gasteiger partial charge >= 0.3 is 5.97 Å². The number of ether oxygens (including phenoxy) is 1. The molecule has 1 N–H and O–H groups in total. The van der Waals surface area contributed by atoms with Gasteiger partial charge in [-0.2, -0.15) is 0 Å². The summed E-state index contributed by atoms with van der Waals surface area (Å²) >= 11 is 0. The molecule has 1 rings (SSSR count). The van der Waals surface area contributed by atoms with Gasteiger partial charge in [-0.15, -0.1) is 0 Å². The zero-order chi connectivity index (χ0) is 8.43. The number of carbonyl (C=O) groups excluding carboxylic acids is 1. The molecule has 0 unspecified atom stereocenters. The number of rotatable bonds is 1. The third-order valence-electron chi connectivity index (χ3n) is 2.25. The molecule has 1 fully saturated rings. The zero-order valence-corrected chi connectivity index (χ0v) is 6.91. The molecule has 3 heteroatoms. The fraction of sp³-hybridized carbons (Fsp3) is 0.875. The number of esters is 1. The first-order valence-corrected chi connectivity index (χ1v) is 4.02. The summed E-state index contributed by atoms with van der Waals surface area (Å²) in [6, 6.07) is 0. The van der Waals surface area contributed by atoms with Crippen LogP contribution in [0.2, 0.25) is 0 Å². The molecule has 0 aromatic carbocycles. The van der Waals surface area contributed by atoms with Crippen LogP contribution in [0.1, 0.15) is 26.7 Å². The average Bonchev–Trinajstić information content (AvgIpc) is 1.96. The minimum atomic E-state index is -0.513. The largest absolute Gasteiger partial charge is 0.462 e.